The van der Waals surface area contributed by atoms with Gasteiger partial charge in [0.15, 0.2) is 0 Å². The smallest absolute Gasteiger partial charge is 0.385 e. The van der Waals surface area contributed by atoms with Gasteiger partial charge < -0.3 is 4.74 Å². The summed E-state index contributed by atoms with van der Waals surface area (Å²) >= 11 is 0. The minimum Gasteiger partial charge on any atom is -0.385 e. The van der Waals surface area contributed by atoms with Crippen LogP contribution in [0.2, 0.25) is 0 Å². The van der Waals surface area contributed by atoms with Crippen LogP contribution in [0.3, 0.4) is 0 Å². The topological polar surface area (TPSA) is 60.2 Å². The third-order valence-corrected chi connectivity index (χ3v) is 2.51. The summed E-state index contributed by atoms with van der Waals surface area (Å²) in [7, 11) is 1.58. The van der Waals surface area contributed by atoms with E-state index in [2.05, 4.69) is 10.4 Å². The monoisotopic (exact) mass is 263 g/mol. The molecule has 0 saturated carbocycles. The summed E-state index contributed by atoms with van der Waals surface area (Å²) in [6.07, 6.45) is -2.17. The number of rotatable bonds is 6. The molecule has 0 aliphatic carbocycles. The van der Waals surface area contributed by atoms with Crippen LogP contribution in [0.4, 0.5) is 13.2 Å². The number of aromatic nitrogens is 1. The van der Waals surface area contributed by atoms with Crippen molar-refractivity contribution >= 4 is 0 Å². The molecule has 0 amide bonds. The highest BCUT2D eigenvalue weighted by Crippen LogP contribution is 2.29. The van der Waals surface area contributed by atoms with E-state index >= 15 is 0 Å². The Morgan fingerprint density at radius 3 is 2.61 bits per heavy atom. The first-order chi connectivity index (χ1) is 8.49. The first kappa shape index (κ1) is 14.9. The summed E-state index contributed by atoms with van der Waals surface area (Å²) in [5.41, 5.74) is 2.26. The number of methoxy groups -OCH3 is 1. The van der Waals surface area contributed by atoms with E-state index in [1.807, 2.05) is 0 Å². The van der Waals surface area contributed by atoms with Crippen molar-refractivity contribution in [1.29, 1.82) is 0 Å². The third-order valence-electron chi connectivity index (χ3n) is 2.51. The van der Waals surface area contributed by atoms with Gasteiger partial charge in [-0.2, -0.15) is 13.2 Å². The molecule has 0 saturated heterocycles. The lowest BCUT2D eigenvalue weighted by Crippen LogP contribution is -2.29. The summed E-state index contributed by atoms with van der Waals surface area (Å²) in [6.45, 7) is 0.568. The quantitative estimate of drug-likeness (QED) is 0.468. The number of hydrogen-bond acceptors (Lipinski definition) is 4. The second-order valence-electron chi connectivity index (χ2n) is 3.82. The Balaban J connectivity index is 2.69. The fraction of sp³-hybridized carbons (Fsp3) is 0.545. The average molecular weight is 263 g/mol. The molecule has 0 bridgehead atoms. The van der Waals surface area contributed by atoms with Crippen molar-refractivity contribution in [2.24, 2.45) is 5.84 Å². The van der Waals surface area contributed by atoms with E-state index < -0.39 is 11.7 Å². The Morgan fingerprint density at radius 1 is 1.44 bits per heavy atom. The maximum atomic E-state index is 12.4. The molecule has 1 aromatic rings. The van der Waals surface area contributed by atoms with Gasteiger partial charge in [-0.25, -0.2) is 0 Å². The summed E-state index contributed by atoms with van der Waals surface area (Å²) in [5, 5.41) is 0. The highest BCUT2D eigenvalue weighted by atomic mass is 19.4. The van der Waals surface area contributed by atoms with Crippen molar-refractivity contribution in [3.05, 3.63) is 29.6 Å². The predicted octanol–water partition coefficient (Wildman–Crippen LogP) is 2.03. The average Bonchev–Trinajstić information content (AvgIpc) is 2.34. The molecule has 0 spiro atoms. The van der Waals surface area contributed by atoms with E-state index in [0.717, 1.165) is 18.7 Å². The first-order valence-corrected chi connectivity index (χ1v) is 5.47. The van der Waals surface area contributed by atoms with Crippen LogP contribution < -0.4 is 11.3 Å². The lowest BCUT2D eigenvalue weighted by atomic mass is 10.1. The second-order valence-corrected chi connectivity index (χ2v) is 3.82. The molecule has 0 aliphatic heterocycles. The number of ether oxygens (including phenoxy) is 1. The van der Waals surface area contributed by atoms with Crippen LogP contribution in [0.25, 0.3) is 0 Å². The molecule has 1 rings (SSSR count). The van der Waals surface area contributed by atoms with Crippen molar-refractivity contribution in [3.8, 4) is 0 Å². The molecule has 1 heterocycles. The normalized spacial score (nSPS) is 13.6. The molecule has 1 unspecified atom stereocenters. The van der Waals surface area contributed by atoms with Crippen LogP contribution in [0, 0.1) is 0 Å². The second kappa shape index (κ2) is 6.67. The van der Waals surface area contributed by atoms with Gasteiger partial charge in [0.25, 0.3) is 0 Å². The summed E-state index contributed by atoms with van der Waals surface area (Å²) in [6, 6.07) is 2.06. The molecule has 18 heavy (non-hydrogen) atoms. The van der Waals surface area contributed by atoms with E-state index in [0.29, 0.717) is 18.7 Å². The first-order valence-electron chi connectivity index (χ1n) is 5.47. The predicted molar refractivity (Wildman–Crippen MR) is 60.4 cm³/mol. The molecule has 0 aromatic carbocycles. The van der Waals surface area contributed by atoms with E-state index in [4.69, 9.17) is 10.6 Å². The summed E-state index contributed by atoms with van der Waals surface area (Å²) in [4.78, 5) is 3.79. The van der Waals surface area contributed by atoms with Crippen molar-refractivity contribution < 1.29 is 17.9 Å². The van der Waals surface area contributed by atoms with Crippen LogP contribution >= 0.6 is 0 Å². The number of hydrazine groups is 1. The van der Waals surface area contributed by atoms with Gasteiger partial charge in [-0.3, -0.25) is 16.3 Å². The van der Waals surface area contributed by atoms with E-state index in [9.17, 15) is 13.2 Å². The zero-order valence-corrected chi connectivity index (χ0v) is 10.00. The molecule has 4 nitrogen and oxygen atoms in total. The number of pyridine rings is 1. The van der Waals surface area contributed by atoms with E-state index in [1.165, 1.54) is 6.07 Å². The standard InChI is InChI=1S/C11H16F3N3O/c1-18-6-2-3-10(17-15)9-5-4-8(7-16-9)11(12,13)14/h4-5,7,10,17H,2-3,6,15H2,1H3. The zero-order valence-electron chi connectivity index (χ0n) is 10.00. The van der Waals surface area contributed by atoms with Crippen LogP contribution in [-0.2, 0) is 10.9 Å². The van der Waals surface area contributed by atoms with Gasteiger partial charge in [0, 0.05) is 19.9 Å². The van der Waals surface area contributed by atoms with Crippen LogP contribution in [-0.4, -0.2) is 18.7 Å². The molecule has 3 N–H and O–H groups in total. The minimum atomic E-state index is -4.37. The highest BCUT2D eigenvalue weighted by Gasteiger charge is 2.30. The van der Waals surface area contributed by atoms with Crippen molar-refractivity contribution in [1.82, 2.24) is 10.4 Å². The summed E-state index contributed by atoms with van der Waals surface area (Å²) < 4.78 is 42.0. The van der Waals surface area contributed by atoms with Gasteiger partial charge in [-0.1, -0.05) is 0 Å². The minimum absolute atomic E-state index is 0.276. The van der Waals surface area contributed by atoms with Crippen LogP contribution in [0.5, 0.6) is 0 Å². The molecule has 7 heteroatoms. The van der Waals surface area contributed by atoms with Crippen molar-refractivity contribution in [2.75, 3.05) is 13.7 Å². The number of nitrogens with zero attached hydrogens (tertiary/aromatic N) is 1. The van der Waals surface area contributed by atoms with Gasteiger partial charge in [-0.05, 0) is 25.0 Å². The van der Waals surface area contributed by atoms with Gasteiger partial charge in [0.05, 0.1) is 17.3 Å². The molecular formula is C11H16F3N3O. The largest absolute Gasteiger partial charge is 0.417 e. The van der Waals surface area contributed by atoms with Crippen molar-refractivity contribution in [2.45, 2.75) is 25.1 Å². The fourth-order valence-corrected chi connectivity index (χ4v) is 1.53. The highest BCUT2D eigenvalue weighted by molar-refractivity contribution is 5.18. The maximum Gasteiger partial charge on any atom is 0.417 e. The molecule has 0 fully saturated rings. The SMILES string of the molecule is COCCCC(NN)c1ccc(C(F)(F)F)cn1. The molecular weight excluding hydrogens is 247 g/mol. The van der Waals surface area contributed by atoms with Gasteiger partial charge >= 0.3 is 6.18 Å². The lowest BCUT2D eigenvalue weighted by Gasteiger charge is -2.15. The Hall–Kier alpha value is -1.18. The zero-order chi connectivity index (χ0) is 13.6. The van der Waals surface area contributed by atoms with Gasteiger partial charge in [0.1, 0.15) is 0 Å². The third kappa shape index (κ3) is 4.25. The number of alkyl halides is 3. The van der Waals surface area contributed by atoms with E-state index in [-0.39, 0.29) is 6.04 Å². The lowest BCUT2D eigenvalue weighted by molar-refractivity contribution is -0.137. The van der Waals surface area contributed by atoms with Gasteiger partial charge in [0.2, 0.25) is 0 Å². The molecule has 0 aliphatic rings. The molecule has 0 radical (unpaired) electrons. The molecule has 1 atom stereocenters. The van der Waals surface area contributed by atoms with Gasteiger partial charge in [-0.15, -0.1) is 0 Å². The number of hydrogen-bond donors (Lipinski definition) is 2. The maximum absolute atomic E-state index is 12.4. The van der Waals surface area contributed by atoms with Crippen LogP contribution in [0.15, 0.2) is 18.3 Å². The number of halogens is 3. The molecule has 102 valence electrons. The van der Waals surface area contributed by atoms with Crippen LogP contribution in [0.1, 0.15) is 30.1 Å². The number of nitrogens with one attached hydrogen (secondary N) is 1. The Kier molecular flexibility index (Phi) is 5.52. The molecule has 1 aromatic heterocycles. The Morgan fingerprint density at radius 2 is 2.17 bits per heavy atom. The Bertz CT molecular complexity index is 354. The fourth-order valence-electron chi connectivity index (χ4n) is 1.53. The summed E-state index contributed by atoms with van der Waals surface area (Å²) in [5.74, 6) is 5.36. The Labute approximate surface area is 103 Å². The van der Waals surface area contributed by atoms with E-state index in [1.54, 1.807) is 7.11 Å². The van der Waals surface area contributed by atoms with Crippen molar-refractivity contribution in [3.63, 3.8) is 0 Å². The number of nitrogens with two attached hydrogens (primary N) is 1.